The van der Waals surface area contributed by atoms with Crippen molar-refractivity contribution in [1.29, 1.82) is 0 Å². The van der Waals surface area contributed by atoms with Crippen LogP contribution in [0.2, 0.25) is 0 Å². The van der Waals surface area contributed by atoms with Gasteiger partial charge < -0.3 is 19.4 Å². The summed E-state index contributed by atoms with van der Waals surface area (Å²) < 4.78 is 5.41. The van der Waals surface area contributed by atoms with Gasteiger partial charge >= 0.3 is 0 Å². The number of hydrogen-bond acceptors (Lipinski definition) is 6. The first-order valence-electron chi connectivity index (χ1n) is 10.8. The van der Waals surface area contributed by atoms with Crippen molar-refractivity contribution in [3.63, 3.8) is 0 Å². The largest absolute Gasteiger partial charge is 0.378 e. The number of nitrogens with zero attached hydrogens (tertiary/aromatic N) is 5. The topological polar surface area (TPSA) is 61.8 Å². The molecule has 0 spiro atoms. The SMILES string of the molecule is Cc1cc(N2CCN(C(=O)c3ccc(N4CCOCC4)cc3)CC2)nc(C(C)C)n1. The van der Waals surface area contributed by atoms with E-state index >= 15 is 0 Å². The smallest absolute Gasteiger partial charge is 0.253 e. The monoisotopic (exact) mass is 409 g/mol. The number of hydrogen-bond donors (Lipinski definition) is 0. The fraction of sp³-hybridized carbons (Fsp3) is 0.522. The van der Waals surface area contributed by atoms with Gasteiger partial charge in [-0.15, -0.1) is 0 Å². The van der Waals surface area contributed by atoms with E-state index in [0.717, 1.165) is 68.0 Å². The van der Waals surface area contributed by atoms with Crippen LogP contribution >= 0.6 is 0 Å². The van der Waals surface area contributed by atoms with Gasteiger partial charge in [-0.2, -0.15) is 0 Å². The third-order valence-corrected chi connectivity index (χ3v) is 5.76. The first kappa shape index (κ1) is 20.6. The summed E-state index contributed by atoms with van der Waals surface area (Å²) in [5.74, 6) is 2.24. The lowest BCUT2D eigenvalue weighted by molar-refractivity contribution is 0.0746. The lowest BCUT2D eigenvalue weighted by Gasteiger charge is -2.35. The molecule has 0 N–H and O–H groups in total. The van der Waals surface area contributed by atoms with Crippen molar-refractivity contribution in [1.82, 2.24) is 14.9 Å². The highest BCUT2D eigenvalue weighted by molar-refractivity contribution is 5.94. The third kappa shape index (κ3) is 4.56. The molecule has 160 valence electrons. The van der Waals surface area contributed by atoms with Crippen molar-refractivity contribution < 1.29 is 9.53 Å². The van der Waals surface area contributed by atoms with Gasteiger partial charge in [-0.25, -0.2) is 9.97 Å². The Morgan fingerprint density at radius 3 is 2.23 bits per heavy atom. The molecule has 30 heavy (non-hydrogen) atoms. The Balaban J connectivity index is 1.37. The van der Waals surface area contributed by atoms with E-state index in [1.807, 2.05) is 42.2 Å². The average molecular weight is 410 g/mol. The van der Waals surface area contributed by atoms with Gasteiger partial charge in [-0.1, -0.05) is 13.8 Å². The molecule has 0 aliphatic carbocycles. The fourth-order valence-electron chi connectivity index (χ4n) is 3.95. The van der Waals surface area contributed by atoms with Crippen LogP contribution in [0.15, 0.2) is 30.3 Å². The van der Waals surface area contributed by atoms with Crippen LogP contribution in [0.4, 0.5) is 11.5 Å². The van der Waals surface area contributed by atoms with Gasteiger partial charge in [-0.3, -0.25) is 4.79 Å². The molecule has 0 radical (unpaired) electrons. The molecule has 4 rings (SSSR count). The Kier molecular flexibility index (Phi) is 6.18. The molecule has 2 aliphatic heterocycles. The van der Waals surface area contributed by atoms with Crippen molar-refractivity contribution in [3.8, 4) is 0 Å². The Labute approximate surface area is 178 Å². The Morgan fingerprint density at radius 2 is 1.60 bits per heavy atom. The molecule has 3 heterocycles. The van der Waals surface area contributed by atoms with E-state index in [0.29, 0.717) is 19.0 Å². The first-order valence-corrected chi connectivity index (χ1v) is 10.8. The zero-order valence-corrected chi connectivity index (χ0v) is 18.2. The van der Waals surface area contributed by atoms with Crippen LogP contribution in [0.3, 0.4) is 0 Å². The standard InChI is InChI=1S/C23H31N5O2/c1-17(2)22-24-18(3)16-21(25-22)27-8-10-28(11-9-27)23(29)19-4-6-20(7-5-19)26-12-14-30-15-13-26/h4-7,16-17H,8-15H2,1-3H3. The predicted molar refractivity (Wildman–Crippen MR) is 118 cm³/mol. The summed E-state index contributed by atoms with van der Waals surface area (Å²) in [6.45, 7) is 12.5. The van der Waals surface area contributed by atoms with Crippen molar-refractivity contribution in [2.75, 3.05) is 62.3 Å². The fourth-order valence-corrected chi connectivity index (χ4v) is 3.95. The summed E-state index contributed by atoms with van der Waals surface area (Å²) in [4.78, 5) is 28.7. The number of aromatic nitrogens is 2. The second-order valence-electron chi connectivity index (χ2n) is 8.31. The van der Waals surface area contributed by atoms with E-state index in [9.17, 15) is 4.79 Å². The molecule has 1 amide bonds. The van der Waals surface area contributed by atoms with Crippen LogP contribution in [-0.2, 0) is 4.74 Å². The lowest BCUT2D eigenvalue weighted by atomic mass is 10.1. The zero-order chi connectivity index (χ0) is 21.1. The molecule has 1 aromatic heterocycles. The maximum atomic E-state index is 13.0. The molecule has 0 atom stereocenters. The number of aryl methyl sites for hydroxylation is 1. The summed E-state index contributed by atoms with van der Waals surface area (Å²) in [5, 5.41) is 0. The normalized spacial score (nSPS) is 17.5. The molecular formula is C23H31N5O2. The molecule has 2 fully saturated rings. The molecule has 2 aliphatic rings. The minimum atomic E-state index is 0.102. The molecule has 0 unspecified atom stereocenters. The molecule has 0 saturated carbocycles. The number of ether oxygens (including phenoxy) is 1. The summed E-state index contributed by atoms with van der Waals surface area (Å²) in [6, 6.07) is 10.0. The molecular weight excluding hydrogens is 378 g/mol. The molecule has 2 aromatic rings. The van der Waals surface area contributed by atoms with E-state index in [1.165, 1.54) is 0 Å². The van der Waals surface area contributed by atoms with Crippen LogP contribution in [0.5, 0.6) is 0 Å². The van der Waals surface area contributed by atoms with Crippen LogP contribution in [0.25, 0.3) is 0 Å². The quantitative estimate of drug-likeness (QED) is 0.774. The highest BCUT2D eigenvalue weighted by Crippen LogP contribution is 2.21. The third-order valence-electron chi connectivity index (χ3n) is 5.76. The Bertz CT molecular complexity index is 870. The van der Waals surface area contributed by atoms with Crippen molar-refractivity contribution in [3.05, 3.63) is 47.4 Å². The van der Waals surface area contributed by atoms with Crippen molar-refractivity contribution in [2.45, 2.75) is 26.7 Å². The highest BCUT2D eigenvalue weighted by Gasteiger charge is 2.24. The molecule has 2 saturated heterocycles. The van der Waals surface area contributed by atoms with Crippen LogP contribution in [0, 0.1) is 6.92 Å². The summed E-state index contributed by atoms with van der Waals surface area (Å²) in [5.41, 5.74) is 2.89. The number of anilines is 2. The Morgan fingerprint density at radius 1 is 0.933 bits per heavy atom. The number of benzene rings is 1. The van der Waals surface area contributed by atoms with E-state index < -0.39 is 0 Å². The van der Waals surface area contributed by atoms with Gasteiger partial charge in [0.25, 0.3) is 5.91 Å². The first-order chi connectivity index (χ1) is 14.5. The zero-order valence-electron chi connectivity index (χ0n) is 18.2. The maximum absolute atomic E-state index is 13.0. The number of amides is 1. The van der Waals surface area contributed by atoms with Gasteiger partial charge in [-0.05, 0) is 31.2 Å². The summed E-state index contributed by atoms with van der Waals surface area (Å²) in [7, 11) is 0. The summed E-state index contributed by atoms with van der Waals surface area (Å²) >= 11 is 0. The van der Waals surface area contributed by atoms with Crippen molar-refractivity contribution >= 4 is 17.4 Å². The highest BCUT2D eigenvalue weighted by atomic mass is 16.5. The van der Waals surface area contributed by atoms with Gasteiger partial charge in [0.1, 0.15) is 11.6 Å². The number of carbonyl (C=O) groups excluding carboxylic acids is 1. The Hall–Kier alpha value is -2.67. The molecule has 0 bridgehead atoms. The minimum absolute atomic E-state index is 0.102. The van der Waals surface area contributed by atoms with Crippen LogP contribution in [0.1, 0.15) is 41.6 Å². The van der Waals surface area contributed by atoms with E-state index in [1.54, 1.807) is 0 Å². The lowest BCUT2D eigenvalue weighted by Crippen LogP contribution is -2.49. The van der Waals surface area contributed by atoms with Gasteiger partial charge in [0.05, 0.1) is 13.2 Å². The van der Waals surface area contributed by atoms with Gasteiger partial charge in [0.2, 0.25) is 0 Å². The maximum Gasteiger partial charge on any atom is 0.253 e. The van der Waals surface area contributed by atoms with Crippen LogP contribution < -0.4 is 9.80 Å². The van der Waals surface area contributed by atoms with Gasteiger partial charge in [0.15, 0.2) is 0 Å². The van der Waals surface area contributed by atoms with E-state index in [4.69, 9.17) is 9.72 Å². The van der Waals surface area contributed by atoms with E-state index in [-0.39, 0.29) is 5.91 Å². The van der Waals surface area contributed by atoms with Crippen molar-refractivity contribution in [2.24, 2.45) is 0 Å². The molecule has 7 heteroatoms. The average Bonchev–Trinajstić information content (AvgIpc) is 2.79. The molecule has 7 nitrogen and oxygen atoms in total. The predicted octanol–water partition coefficient (Wildman–Crippen LogP) is 2.71. The number of morpholine rings is 1. The van der Waals surface area contributed by atoms with Crippen LogP contribution in [-0.4, -0.2) is 73.3 Å². The van der Waals surface area contributed by atoms with E-state index in [2.05, 4.69) is 28.6 Å². The van der Waals surface area contributed by atoms with Gasteiger partial charge in [0, 0.05) is 68.2 Å². The number of piperazine rings is 1. The number of rotatable bonds is 4. The minimum Gasteiger partial charge on any atom is -0.378 e. The number of carbonyl (C=O) groups is 1. The second kappa shape index (κ2) is 9.00. The summed E-state index contributed by atoms with van der Waals surface area (Å²) in [6.07, 6.45) is 0. The molecule has 1 aromatic carbocycles. The second-order valence-corrected chi connectivity index (χ2v) is 8.31.